The summed E-state index contributed by atoms with van der Waals surface area (Å²) in [5, 5.41) is 0. The van der Waals surface area contributed by atoms with Gasteiger partial charge in [0.25, 0.3) is 0 Å². The van der Waals surface area contributed by atoms with Crippen molar-refractivity contribution in [2.45, 2.75) is 32.1 Å². The predicted molar refractivity (Wildman–Crippen MR) is 43.5 cm³/mol. The third kappa shape index (κ3) is 0.934. The summed E-state index contributed by atoms with van der Waals surface area (Å²) in [6.45, 7) is 4.44. The van der Waals surface area contributed by atoms with Crippen molar-refractivity contribution < 1.29 is 0 Å². The molecule has 1 aliphatic rings. The van der Waals surface area contributed by atoms with Gasteiger partial charge in [-0.1, -0.05) is 13.8 Å². The SMILES string of the molecule is CC1CC(C)c2nccnc21. The minimum absolute atomic E-state index is 0.605. The third-order valence-corrected chi connectivity index (χ3v) is 2.40. The average molecular weight is 148 g/mol. The van der Waals surface area contributed by atoms with E-state index in [2.05, 4.69) is 23.8 Å². The molecule has 0 spiro atoms. The van der Waals surface area contributed by atoms with Crippen LogP contribution in [0.25, 0.3) is 0 Å². The number of nitrogens with zero attached hydrogens (tertiary/aromatic N) is 2. The summed E-state index contributed by atoms with van der Waals surface area (Å²) in [5.41, 5.74) is 2.42. The predicted octanol–water partition coefficient (Wildman–Crippen LogP) is 2.09. The Morgan fingerprint density at radius 2 is 1.55 bits per heavy atom. The van der Waals surface area contributed by atoms with E-state index in [4.69, 9.17) is 0 Å². The molecule has 0 fully saturated rings. The molecule has 2 atom stereocenters. The van der Waals surface area contributed by atoms with Gasteiger partial charge in [-0.15, -0.1) is 0 Å². The van der Waals surface area contributed by atoms with E-state index in [-0.39, 0.29) is 0 Å². The molecule has 2 nitrogen and oxygen atoms in total. The number of fused-ring (bicyclic) bond motifs is 1. The molecule has 0 aromatic carbocycles. The van der Waals surface area contributed by atoms with Crippen molar-refractivity contribution in [2.75, 3.05) is 0 Å². The van der Waals surface area contributed by atoms with Gasteiger partial charge < -0.3 is 0 Å². The Balaban J connectivity index is 2.52. The summed E-state index contributed by atoms with van der Waals surface area (Å²) < 4.78 is 0. The van der Waals surface area contributed by atoms with Gasteiger partial charge in [-0.2, -0.15) is 0 Å². The van der Waals surface area contributed by atoms with Gasteiger partial charge in [0.05, 0.1) is 11.4 Å². The molecule has 1 heterocycles. The van der Waals surface area contributed by atoms with Crippen LogP contribution in [-0.4, -0.2) is 9.97 Å². The first kappa shape index (κ1) is 6.77. The topological polar surface area (TPSA) is 25.8 Å². The van der Waals surface area contributed by atoms with Crippen molar-refractivity contribution in [1.29, 1.82) is 0 Å². The number of aromatic nitrogens is 2. The summed E-state index contributed by atoms with van der Waals surface area (Å²) >= 11 is 0. The summed E-state index contributed by atoms with van der Waals surface area (Å²) in [6.07, 6.45) is 4.78. The van der Waals surface area contributed by atoms with Crippen LogP contribution in [0.5, 0.6) is 0 Å². The van der Waals surface area contributed by atoms with Gasteiger partial charge in [0.2, 0.25) is 0 Å². The molecule has 1 aromatic heterocycles. The summed E-state index contributed by atoms with van der Waals surface area (Å²) in [6, 6.07) is 0. The lowest BCUT2D eigenvalue weighted by Crippen LogP contribution is -1.93. The highest BCUT2D eigenvalue weighted by atomic mass is 14.8. The Kier molecular flexibility index (Phi) is 1.41. The van der Waals surface area contributed by atoms with Crippen molar-refractivity contribution in [3.05, 3.63) is 23.8 Å². The van der Waals surface area contributed by atoms with Gasteiger partial charge >= 0.3 is 0 Å². The Hall–Kier alpha value is -0.920. The van der Waals surface area contributed by atoms with Crippen molar-refractivity contribution in [2.24, 2.45) is 0 Å². The first-order valence-corrected chi connectivity index (χ1v) is 4.10. The molecular formula is C9H12N2. The minimum atomic E-state index is 0.605. The Labute approximate surface area is 66.7 Å². The van der Waals surface area contributed by atoms with Gasteiger partial charge in [-0.3, -0.25) is 9.97 Å². The van der Waals surface area contributed by atoms with Gasteiger partial charge in [0, 0.05) is 24.2 Å². The molecule has 1 aliphatic carbocycles. The van der Waals surface area contributed by atoms with Crippen LogP contribution in [0, 0.1) is 0 Å². The second-order valence-corrected chi connectivity index (χ2v) is 3.36. The molecule has 58 valence electrons. The molecule has 0 N–H and O–H groups in total. The first-order valence-electron chi connectivity index (χ1n) is 4.10. The van der Waals surface area contributed by atoms with E-state index < -0.39 is 0 Å². The zero-order valence-electron chi connectivity index (χ0n) is 6.91. The van der Waals surface area contributed by atoms with Gasteiger partial charge in [0.15, 0.2) is 0 Å². The van der Waals surface area contributed by atoms with Crippen LogP contribution in [0.3, 0.4) is 0 Å². The van der Waals surface area contributed by atoms with Gasteiger partial charge in [-0.25, -0.2) is 0 Å². The maximum atomic E-state index is 4.33. The van der Waals surface area contributed by atoms with E-state index in [1.807, 2.05) is 0 Å². The molecule has 2 rings (SSSR count). The maximum Gasteiger partial charge on any atom is 0.0649 e. The van der Waals surface area contributed by atoms with E-state index >= 15 is 0 Å². The molecule has 0 radical (unpaired) electrons. The van der Waals surface area contributed by atoms with Crippen molar-refractivity contribution >= 4 is 0 Å². The quantitative estimate of drug-likeness (QED) is 0.563. The van der Waals surface area contributed by atoms with Crippen LogP contribution >= 0.6 is 0 Å². The number of hydrogen-bond donors (Lipinski definition) is 0. The van der Waals surface area contributed by atoms with Crippen molar-refractivity contribution in [3.63, 3.8) is 0 Å². The molecule has 0 amide bonds. The number of rotatable bonds is 0. The summed E-state index contributed by atoms with van der Waals surface area (Å²) in [5.74, 6) is 1.21. The number of hydrogen-bond acceptors (Lipinski definition) is 2. The second kappa shape index (κ2) is 2.29. The van der Waals surface area contributed by atoms with Crippen LogP contribution in [-0.2, 0) is 0 Å². The fraction of sp³-hybridized carbons (Fsp3) is 0.556. The van der Waals surface area contributed by atoms with E-state index in [1.165, 1.54) is 17.8 Å². The summed E-state index contributed by atoms with van der Waals surface area (Å²) in [4.78, 5) is 8.66. The van der Waals surface area contributed by atoms with Crippen LogP contribution in [0.2, 0.25) is 0 Å². The first-order chi connectivity index (χ1) is 5.29. The van der Waals surface area contributed by atoms with E-state index in [0.29, 0.717) is 11.8 Å². The molecule has 0 bridgehead atoms. The molecule has 1 aromatic rings. The standard InChI is InChI=1S/C9H12N2/c1-6-5-7(2)9-8(6)10-3-4-11-9/h3-4,6-7H,5H2,1-2H3. The fourth-order valence-electron chi connectivity index (χ4n) is 1.87. The highest BCUT2D eigenvalue weighted by Crippen LogP contribution is 2.37. The Morgan fingerprint density at radius 1 is 1.09 bits per heavy atom. The smallest absolute Gasteiger partial charge is 0.0649 e. The highest BCUT2D eigenvalue weighted by molar-refractivity contribution is 5.25. The lowest BCUT2D eigenvalue weighted by atomic mass is 10.1. The molecule has 2 heteroatoms. The van der Waals surface area contributed by atoms with Crippen LogP contribution in [0.15, 0.2) is 12.4 Å². The van der Waals surface area contributed by atoms with E-state index in [9.17, 15) is 0 Å². The van der Waals surface area contributed by atoms with Crippen LogP contribution in [0.4, 0.5) is 0 Å². The Bertz CT molecular complexity index is 243. The molecular weight excluding hydrogens is 136 g/mol. The largest absolute Gasteiger partial charge is 0.257 e. The van der Waals surface area contributed by atoms with Crippen LogP contribution < -0.4 is 0 Å². The fourth-order valence-corrected chi connectivity index (χ4v) is 1.87. The Morgan fingerprint density at radius 3 is 2.00 bits per heavy atom. The minimum Gasteiger partial charge on any atom is -0.257 e. The van der Waals surface area contributed by atoms with Crippen molar-refractivity contribution in [1.82, 2.24) is 9.97 Å². The third-order valence-electron chi connectivity index (χ3n) is 2.40. The van der Waals surface area contributed by atoms with E-state index in [0.717, 1.165) is 0 Å². The molecule has 0 aliphatic heterocycles. The molecule has 11 heavy (non-hydrogen) atoms. The lowest BCUT2D eigenvalue weighted by Gasteiger charge is -1.99. The van der Waals surface area contributed by atoms with Crippen LogP contribution in [0.1, 0.15) is 43.5 Å². The molecule has 0 saturated heterocycles. The molecule has 0 saturated carbocycles. The zero-order chi connectivity index (χ0) is 7.84. The molecule has 2 unspecified atom stereocenters. The summed E-state index contributed by atoms with van der Waals surface area (Å²) in [7, 11) is 0. The van der Waals surface area contributed by atoms with Gasteiger partial charge in [0.1, 0.15) is 0 Å². The van der Waals surface area contributed by atoms with Crippen molar-refractivity contribution in [3.8, 4) is 0 Å². The van der Waals surface area contributed by atoms with Gasteiger partial charge in [-0.05, 0) is 6.42 Å². The normalized spacial score (nSPS) is 28.5. The van der Waals surface area contributed by atoms with E-state index in [1.54, 1.807) is 12.4 Å². The zero-order valence-corrected chi connectivity index (χ0v) is 6.91. The average Bonchev–Trinajstić information content (AvgIpc) is 2.30. The highest BCUT2D eigenvalue weighted by Gasteiger charge is 2.26. The lowest BCUT2D eigenvalue weighted by molar-refractivity contribution is 0.651. The monoisotopic (exact) mass is 148 g/mol. The maximum absolute atomic E-state index is 4.33. The second-order valence-electron chi connectivity index (χ2n) is 3.36.